The SMILES string of the molecule is COc1c(CN2O[C@@H](CN)[C@@H]([C@H](C)O)[C@H]2C(=O)NC2C[C@@H]3C[C@H]([C@@H]2C)C3(C)C)cccc1-c1cc(CNCCc2ccccn2)cc(N(C)C)c1. The molecule has 3 saturated carbocycles. The Bertz CT molecular complexity index is 1650. The van der Waals surface area contributed by atoms with E-state index in [4.69, 9.17) is 15.3 Å². The van der Waals surface area contributed by atoms with E-state index in [1.807, 2.05) is 50.6 Å². The van der Waals surface area contributed by atoms with Crippen LogP contribution in [-0.2, 0) is 29.1 Å². The first-order valence-electron chi connectivity index (χ1n) is 18.6. The van der Waals surface area contributed by atoms with E-state index in [0.29, 0.717) is 36.3 Å². The molecule has 10 nitrogen and oxygen atoms in total. The van der Waals surface area contributed by atoms with Crippen LogP contribution < -0.4 is 26.0 Å². The van der Waals surface area contributed by atoms with E-state index in [1.165, 1.54) is 6.42 Å². The van der Waals surface area contributed by atoms with E-state index in [1.54, 1.807) is 19.1 Å². The number of anilines is 1. The molecule has 4 fully saturated rings. The summed E-state index contributed by atoms with van der Waals surface area (Å²) >= 11 is 0. The Kier molecular flexibility index (Phi) is 11.4. The number of para-hydroxylation sites is 1. The van der Waals surface area contributed by atoms with Crippen molar-refractivity contribution in [2.45, 2.75) is 84.3 Å². The van der Waals surface area contributed by atoms with Gasteiger partial charge in [0.25, 0.3) is 0 Å². The zero-order chi connectivity index (χ0) is 36.4. The highest BCUT2D eigenvalue weighted by Gasteiger charge is 2.57. The van der Waals surface area contributed by atoms with Gasteiger partial charge in [0.1, 0.15) is 11.8 Å². The van der Waals surface area contributed by atoms with Gasteiger partial charge in [-0.25, -0.2) is 0 Å². The summed E-state index contributed by atoms with van der Waals surface area (Å²) in [5.41, 5.74) is 12.7. The topological polar surface area (TPSA) is 125 Å². The number of rotatable bonds is 14. The minimum absolute atomic E-state index is 0.100. The van der Waals surface area contributed by atoms with Gasteiger partial charge in [0.05, 0.1) is 25.9 Å². The number of hydrogen-bond acceptors (Lipinski definition) is 9. The van der Waals surface area contributed by atoms with Crippen LogP contribution in [0.4, 0.5) is 5.69 Å². The number of nitrogens with zero attached hydrogens (tertiary/aromatic N) is 3. The lowest BCUT2D eigenvalue weighted by molar-refractivity contribution is -0.175. The molecule has 3 aromatic rings. The number of fused-ring (bicyclic) bond motifs is 2. The molecule has 5 N–H and O–H groups in total. The fraction of sp³-hybridized carbons (Fsp3) is 0.561. The molecule has 2 aromatic carbocycles. The van der Waals surface area contributed by atoms with Crippen LogP contribution in [0.1, 0.15) is 57.4 Å². The van der Waals surface area contributed by atoms with Crippen LogP contribution in [0.3, 0.4) is 0 Å². The maximum atomic E-state index is 14.3. The van der Waals surface area contributed by atoms with Crippen molar-refractivity contribution in [1.29, 1.82) is 0 Å². The quantitative estimate of drug-likeness (QED) is 0.176. The molecule has 1 aliphatic heterocycles. The number of ether oxygens (including phenoxy) is 1. The Labute approximate surface area is 304 Å². The second-order valence-corrected chi connectivity index (χ2v) is 15.8. The summed E-state index contributed by atoms with van der Waals surface area (Å²) in [5.74, 6) is 1.74. The van der Waals surface area contributed by atoms with Gasteiger partial charge in [-0.05, 0) is 84.4 Å². The first-order chi connectivity index (χ1) is 24.4. The highest BCUT2D eigenvalue weighted by atomic mass is 16.7. The molecule has 1 unspecified atom stereocenters. The first kappa shape index (κ1) is 37.2. The number of pyridine rings is 1. The molecule has 2 heterocycles. The Morgan fingerprint density at radius 2 is 1.98 bits per heavy atom. The number of carbonyl (C=O) groups excluding carboxylic acids is 1. The summed E-state index contributed by atoms with van der Waals surface area (Å²) < 4.78 is 6.13. The van der Waals surface area contributed by atoms with Gasteiger partial charge in [-0.2, -0.15) is 5.06 Å². The zero-order valence-corrected chi connectivity index (χ0v) is 31.4. The third-order valence-corrected chi connectivity index (χ3v) is 12.2. The average Bonchev–Trinajstić information content (AvgIpc) is 3.49. The van der Waals surface area contributed by atoms with Crippen LogP contribution in [0.2, 0.25) is 0 Å². The van der Waals surface area contributed by atoms with E-state index in [9.17, 15) is 9.90 Å². The van der Waals surface area contributed by atoms with E-state index in [2.05, 4.69) is 65.6 Å². The fourth-order valence-corrected chi connectivity index (χ4v) is 9.06. The fourth-order valence-electron chi connectivity index (χ4n) is 9.06. The largest absolute Gasteiger partial charge is 0.496 e. The van der Waals surface area contributed by atoms with Crippen LogP contribution in [0.5, 0.6) is 5.75 Å². The predicted molar refractivity (Wildman–Crippen MR) is 202 cm³/mol. The van der Waals surface area contributed by atoms with Crippen LogP contribution in [0, 0.1) is 29.1 Å². The maximum Gasteiger partial charge on any atom is 0.240 e. The summed E-state index contributed by atoms with van der Waals surface area (Å²) in [6.45, 7) is 10.7. The number of aliphatic hydroxyl groups excluding tert-OH is 1. The van der Waals surface area contributed by atoms with Crippen LogP contribution in [0.25, 0.3) is 11.1 Å². The Morgan fingerprint density at radius 1 is 1.18 bits per heavy atom. The van der Waals surface area contributed by atoms with Crippen LogP contribution in [0.15, 0.2) is 60.8 Å². The number of nitrogens with one attached hydrogen (secondary N) is 2. The number of methoxy groups -OCH3 is 1. The summed E-state index contributed by atoms with van der Waals surface area (Å²) in [7, 11) is 5.78. The molecule has 51 heavy (non-hydrogen) atoms. The summed E-state index contributed by atoms with van der Waals surface area (Å²) in [6.07, 6.45) is 3.63. The number of hydrogen-bond donors (Lipinski definition) is 4. The normalized spacial score (nSPS) is 27.4. The predicted octanol–water partition coefficient (Wildman–Crippen LogP) is 4.78. The number of aromatic nitrogens is 1. The lowest BCUT2D eigenvalue weighted by Gasteiger charge is -2.62. The molecule has 8 atom stereocenters. The van der Waals surface area contributed by atoms with Gasteiger partial charge < -0.3 is 31.1 Å². The third-order valence-electron chi connectivity index (χ3n) is 12.2. The molecule has 4 aliphatic rings. The lowest BCUT2D eigenvalue weighted by atomic mass is 9.45. The monoisotopic (exact) mass is 698 g/mol. The summed E-state index contributed by atoms with van der Waals surface area (Å²) in [6, 6.07) is 18.1. The van der Waals surface area contributed by atoms with Gasteiger partial charge in [-0.3, -0.25) is 14.6 Å². The van der Waals surface area contributed by atoms with Crippen molar-refractivity contribution >= 4 is 11.6 Å². The van der Waals surface area contributed by atoms with Crippen molar-refractivity contribution in [3.63, 3.8) is 0 Å². The molecule has 1 aromatic heterocycles. The number of hydroxylamine groups is 2. The first-order valence-corrected chi connectivity index (χ1v) is 18.6. The molecule has 0 spiro atoms. The highest BCUT2D eigenvalue weighted by molar-refractivity contribution is 5.83. The van der Waals surface area contributed by atoms with E-state index in [-0.39, 0.29) is 18.5 Å². The summed E-state index contributed by atoms with van der Waals surface area (Å²) in [5, 5.41) is 19.7. The minimum Gasteiger partial charge on any atom is -0.496 e. The van der Waals surface area contributed by atoms with Crippen molar-refractivity contribution in [2.24, 2.45) is 34.8 Å². The van der Waals surface area contributed by atoms with Crippen molar-refractivity contribution in [3.8, 4) is 16.9 Å². The average molecular weight is 699 g/mol. The second-order valence-electron chi connectivity index (χ2n) is 15.8. The van der Waals surface area contributed by atoms with Gasteiger partial charge in [0.15, 0.2) is 0 Å². The van der Waals surface area contributed by atoms with Crippen LogP contribution >= 0.6 is 0 Å². The van der Waals surface area contributed by atoms with E-state index in [0.717, 1.165) is 58.8 Å². The lowest BCUT2D eigenvalue weighted by Crippen LogP contribution is -2.62. The molecule has 1 saturated heterocycles. The van der Waals surface area contributed by atoms with E-state index >= 15 is 0 Å². The van der Waals surface area contributed by atoms with Crippen LogP contribution in [-0.4, -0.2) is 79.6 Å². The van der Waals surface area contributed by atoms with Gasteiger partial charge >= 0.3 is 0 Å². The minimum atomic E-state index is -0.784. The van der Waals surface area contributed by atoms with Gasteiger partial charge in [-0.1, -0.05) is 45.0 Å². The number of aliphatic hydroxyl groups is 1. The van der Waals surface area contributed by atoms with Crippen molar-refractivity contribution < 1.29 is 19.5 Å². The van der Waals surface area contributed by atoms with Gasteiger partial charge in [0.2, 0.25) is 5.91 Å². The Balaban J connectivity index is 1.24. The number of benzene rings is 2. The molecule has 2 bridgehead atoms. The number of carbonyl (C=O) groups is 1. The number of amides is 1. The zero-order valence-electron chi connectivity index (χ0n) is 31.4. The summed E-state index contributed by atoms with van der Waals surface area (Å²) in [4.78, 5) is 27.2. The molecule has 10 heteroatoms. The molecule has 276 valence electrons. The van der Waals surface area contributed by atoms with Gasteiger partial charge in [-0.15, -0.1) is 0 Å². The van der Waals surface area contributed by atoms with Crippen molar-refractivity contribution in [1.82, 2.24) is 20.7 Å². The van der Waals surface area contributed by atoms with E-state index < -0.39 is 24.2 Å². The molecule has 3 aliphatic carbocycles. The molecule has 7 rings (SSSR count). The maximum absolute atomic E-state index is 14.3. The standard InChI is InChI=1S/C41H58N6O4/c1-25-34-20-30(41(34,3)4)21-35(25)45-40(49)38-37(26(2)48)36(22-42)51-47(38)24-28-11-10-13-33(39(28)50-7)29-17-27(18-32(19-29)46(5)6)23-43-16-14-31-12-8-9-15-44-31/h8-13,15,17-19,25-26,30,34-38,43,48H,14,16,20-24,42H2,1-7H3,(H,45,49)/t25-,26-,30-,34+,35?,36-,37+,38-/m0/s1. The smallest absolute Gasteiger partial charge is 0.240 e. The molecule has 0 radical (unpaired) electrons. The Hall–Kier alpha value is -3.54. The highest BCUT2D eigenvalue weighted by Crippen LogP contribution is 2.61. The third kappa shape index (κ3) is 7.66. The second kappa shape index (κ2) is 15.6. The Morgan fingerprint density at radius 3 is 2.63 bits per heavy atom. The van der Waals surface area contributed by atoms with Crippen molar-refractivity contribution in [3.05, 3.63) is 77.6 Å². The van der Waals surface area contributed by atoms with Gasteiger partial charge in [0, 0.05) is 80.8 Å². The number of nitrogens with two attached hydrogens (primary N) is 1. The molecular weight excluding hydrogens is 640 g/mol. The molecule has 1 amide bonds. The molecular formula is C41H58N6O4. The van der Waals surface area contributed by atoms with Crippen molar-refractivity contribution in [2.75, 3.05) is 39.2 Å².